The third-order valence-corrected chi connectivity index (χ3v) is 3.15. The minimum atomic E-state index is 0.823. The van der Waals surface area contributed by atoms with Gasteiger partial charge < -0.3 is 4.90 Å². The molecule has 0 aliphatic rings. The first-order valence-electron chi connectivity index (χ1n) is 9.23. The van der Waals surface area contributed by atoms with E-state index in [4.69, 9.17) is 0 Å². The molecule has 0 aromatic carbocycles. The maximum absolute atomic E-state index is 4.37. The Labute approximate surface area is 147 Å². The van der Waals surface area contributed by atoms with Gasteiger partial charge in [0.25, 0.3) is 0 Å². The third kappa shape index (κ3) is 8.56. The van der Waals surface area contributed by atoms with Gasteiger partial charge in [0, 0.05) is 25.1 Å². The first kappa shape index (κ1) is 22.0. The van der Waals surface area contributed by atoms with E-state index in [1.807, 2.05) is 39.8 Å². The fourth-order valence-electron chi connectivity index (χ4n) is 2.09. The van der Waals surface area contributed by atoms with E-state index in [1.165, 1.54) is 25.7 Å². The molecule has 0 aliphatic carbocycles. The van der Waals surface area contributed by atoms with Crippen molar-refractivity contribution in [3.63, 3.8) is 0 Å². The van der Waals surface area contributed by atoms with E-state index < -0.39 is 0 Å². The number of hydrogen-bond donors (Lipinski definition) is 0. The van der Waals surface area contributed by atoms with Crippen molar-refractivity contribution in [2.45, 2.75) is 66.7 Å². The van der Waals surface area contributed by atoms with Gasteiger partial charge in [0.05, 0.1) is 6.20 Å². The van der Waals surface area contributed by atoms with Crippen LogP contribution in [0.1, 0.15) is 66.7 Å². The SMILES string of the molecule is CC.CC.CCCCCCCN(c1cnccn1)c1cccnn1. The predicted molar refractivity (Wildman–Crippen MR) is 103 cm³/mol. The quantitative estimate of drug-likeness (QED) is 0.604. The van der Waals surface area contributed by atoms with Crippen LogP contribution in [0.2, 0.25) is 0 Å². The minimum Gasteiger partial charge on any atom is -0.308 e. The van der Waals surface area contributed by atoms with Gasteiger partial charge in [0.2, 0.25) is 0 Å². The van der Waals surface area contributed by atoms with Crippen molar-refractivity contribution in [3.8, 4) is 0 Å². The summed E-state index contributed by atoms with van der Waals surface area (Å²) < 4.78 is 0. The molecule has 2 rings (SSSR count). The van der Waals surface area contributed by atoms with Gasteiger partial charge in [0.1, 0.15) is 0 Å². The summed E-state index contributed by atoms with van der Waals surface area (Å²) in [5, 5.41) is 8.13. The second-order valence-corrected chi connectivity index (χ2v) is 4.71. The van der Waals surface area contributed by atoms with Crippen LogP contribution < -0.4 is 4.90 Å². The fourth-order valence-corrected chi connectivity index (χ4v) is 2.09. The third-order valence-electron chi connectivity index (χ3n) is 3.15. The number of anilines is 2. The fraction of sp³-hybridized carbons (Fsp3) is 0.579. The Bertz CT molecular complexity index is 436. The molecule has 2 aromatic rings. The summed E-state index contributed by atoms with van der Waals surface area (Å²) in [4.78, 5) is 10.6. The summed E-state index contributed by atoms with van der Waals surface area (Å²) in [6, 6.07) is 3.84. The highest BCUT2D eigenvalue weighted by Crippen LogP contribution is 2.20. The van der Waals surface area contributed by atoms with Crippen LogP contribution >= 0.6 is 0 Å². The molecule has 0 radical (unpaired) electrons. The zero-order chi connectivity index (χ0) is 18.0. The maximum atomic E-state index is 4.37. The van der Waals surface area contributed by atoms with Crippen LogP contribution in [-0.2, 0) is 0 Å². The highest BCUT2D eigenvalue weighted by Gasteiger charge is 2.11. The number of aromatic nitrogens is 4. The number of hydrogen-bond acceptors (Lipinski definition) is 5. The van der Waals surface area contributed by atoms with Crippen LogP contribution in [0.5, 0.6) is 0 Å². The summed E-state index contributed by atoms with van der Waals surface area (Å²) >= 11 is 0. The van der Waals surface area contributed by atoms with Crippen LogP contribution in [0.25, 0.3) is 0 Å². The largest absolute Gasteiger partial charge is 0.308 e. The standard InChI is InChI=1S/C15H21N5.2C2H6/c1-2-3-4-5-6-12-20(14-8-7-9-18-19-14)15-13-16-10-11-17-15;2*1-2/h7-11,13H,2-6,12H2,1H3;2*1-2H3. The lowest BCUT2D eigenvalue weighted by Gasteiger charge is -2.21. The summed E-state index contributed by atoms with van der Waals surface area (Å²) in [6.45, 7) is 11.1. The molecule has 134 valence electrons. The van der Waals surface area contributed by atoms with E-state index in [9.17, 15) is 0 Å². The van der Waals surface area contributed by atoms with E-state index >= 15 is 0 Å². The Kier molecular flexibility index (Phi) is 14.5. The summed E-state index contributed by atoms with van der Waals surface area (Å²) in [7, 11) is 0. The first-order chi connectivity index (χ1) is 11.9. The van der Waals surface area contributed by atoms with Gasteiger partial charge in [-0.25, -0.2) is 4.98 Å². The van der Waals surface area contributed by atoms with Crippen molar-refractivity contribution >= 4 is 11.6 Å². The molecule has 0 unspecified atom stereocenters. The van der Waals surface area contributed by atoms with Crippen molar-refractivity contribution < 1.29 is 0 Å². The molecule has 0 spiro atoms. The molecular formula is C19H33N5. The lowest BCUT2D eigenvalue weighted by Crippen LogP contribution is -2.21. The molecule has 5 nitrogen and oxygen atoms in total. The zero-order valence-corrected chi connectivity index (χ0v) is 15.9. The molecule has 2 heterocycles. The summed E-state index contributed by atoms with van der Waals surface area (Å²) in [5.74, 6) is 1.65. The Morgan fingerprint density at radius 3 is 2.21 bits per heavy atom. The second kappa shape index (κ2) is 15.8. The molecule has 0 atom stereocenters. The second-order valence-electron chi connectivity index (χ2n) is 4.71. The van der Waals surface area contributed by atoms with Crippen LogP contribution in [0.15, 0.2) is 36.9 Å². The van der Waals surface area contributed by atoms with Gasteiger partial charge >= 0.3 is 0 Å². The van der Waals surface area contributed by atoms with E-state index in [2.05, 4.69) is 32.0 Å². The molecule has 0 saturated heterocycles. The van der Waals surface area contributed by atoms with Crippen molar-refractivity contribution in [2.24, 2.45) is 0 Å². The molecule has 0 amide bonds. The molecule has 0 aliphatic heterocycles. The van der Waals surface area contributed by atoms with Gasteiger partial charge in [-0.15, -0.1) is 5.10 Å². The van der Waals surface area contributed by atoms with E-state index in [1.54, 1.807) is 24.8 Å². The van der Waals surface area contributed by atoms with Crippen molar-refractivity contribution in [2.75, 3.05) is 11.4 Å². The first-order valence-corrected chi connectivity index (χ1v) is 9.23. The molecule has 0 saturated carbocycles. The summed E-state index contributed by atoms with van der Waals surface area (Å²) in [5.41, 5.74) is 0. The van der Waals surface area contributed by atoms with Crippen LogP contribution in [0.4, 0.5) is 11.6 Å². The summed E-state index contributed by atoms with van der Waals surface area (Å²) in [6.07, 6.45) is 13.0. The van der Waals surface area contributed by atoms with Gasteiger partial charge in [-0.05, 0) is 18.6 Å². The van der Waals surface area contributed by atoms with Gasteiger partial charge in [-0.1, -0.05) is 60.3 Å². The maximum Gasteiger partial charge on any atom is 0.156 e. The molecule has 0 N–H and O–H groups in total. The lowest BCUT2D eigenvalue weighted by molar-refractivity contribution is 0.631. The Morgan fingerprint density at radius 1 is 0.875 bits per heavy atom. The number of unbranched alkanes of at least 4 members (excludes halogenated alkanes) is 4. The Hall–Kier alpha value is -2.04. The Balaban J connectivity index is 0.00000123. The van der Waals surface area contributed by atoms with Crippen LogP contribution in [0.3, 0.4) is 0 Å². The van der Waals surface area contributed by atoms with Crippen LogP contribution in [0, 0.1) is 0 Å². The number of nitrogens with zero attached hydrogens (tertiary/aromatic N) is 5. The molecule has 5 heteroatoms. The van der Waals surface area contributed by atoms with Crippen molar-refractivity contribution in [3.05, 3.63) is 36.9 Å². The van der Waals surface area contributed by atoms with Crippen molar-refractivity contribution in [1.29, 1.82) is 0 Å². The zero-order valence-electron chi connectivity index (χ0n) is 15.9. The average Bonchev–Trinajstić information content (AvgIpc) is 2.69. The minimum absolute atomic E-state index is 0.823. The van der Waals surface area contributed by atoms with Crippen LogP contribution in [-0.4, -0.2) is 26.7 Å². The smallest absolute Gasteiger partial charge is 0.156 e. The lowest BCUT2D eigenvalue weighted by atomic mass is 10.1. The van der Waals surface area contributed by atoms with Gasteiger partial charge in [-0.2, -0.15) is 5.10 Å². The van der Waals surface area contributed by atoms with E-state index in [-0.39, 0.29) is 0 Å². The van der Waals surface area contributed by atoms with Gasteiger partial charge in [-0.3, -0.25) is 4.98 Å². The van der Waals surface area contributed by atoms with Crippen molar-refractivity contribution in [1.82, 2.24) is 20.2 Å². The molecule has 0 fully saturated rings. The average molecular weight is 332 g/mol. The Morgan fingerprint density at radius 2 is 1.62 bits per heavy atom. The molecular weight excluding hydrogens is 298 g/mol. The topological polar surface area (TPSA) is 54.8 Å². The molecule has 2 aromatic heterocycles. The van der Waals surface area contributed by atoms with Gasteiger partial charge in [0.15, 0.2) is 11.6 Å². The number of rotatable bonds is 8. The molecule has 0 bridgehead atoms. The normalized spacial score (nSPS) is 9.21. The highest BCUT2D eigenvalue weighted by atomic mass is 15.3. The van der Waals surface area contributed by atoms with E-state index in [0.29, 0.717) is 0 Å². The highest BCUT2D eigenvalue weighted by molar-refractivity contribution is 5.53. The predicted octanol–water partition coefficient (Wildman–Crippen LogP) is 5.43. The molecule has 24 heavy (non-hydrogen) atoms. The monoisotopic (exact) mass is 331 g/mol. The van der Waals surface area contributed by atoms with E-state index in [0.717, 1.165) is 24.6 Å².